The Labute approximate surface area is 80.6 Å². The number of ether oxygens (including phenoxy) is 2. The zero-order chi connectivity index (χ0) is 9.69. The molecular formula is C11H20O2. The van der Waals surface area contributed by atoms with Crippen LogP contribution in [0.2, 0.25) is 0 Å². The van der Waals surface area contributed by atoms with Gasteiger partial charge < -0.3 is 9.47 Å². The molecule has 2 aliphatic rings. The summed E-state index contributed by atoms with van der Waals surface area (Å²) in [4.78, 5) is 0. The molecule has 0 aromatic carbocycles. The first-order valence-electron chi connectivity index (χ1n) is 5.27. The van der Waals surface area contributed by atoms with E-state index in [4.69, 9.17) is 9.47 Å². The molecule has 0 N–H and O–H groups in total. The predicted molar refractivity (Wildman–Crippen MR) is 51.4 cm³/mol. The Morgan fingerprint density at radius 3 is 2.00 bits per heavy atom. The van der Waals surface area contributed by atoms with Crippen molar-refractivity contribution in [2.75, 3.05) is 6.61 Å². The van der Waals surface area contributed by atoms with E-state index in [0.717, 1.165) is 31.3 Å². The highest BCUT2D eigenvalue weighted by Gasteiger charge is 2.51. The van der Waals surface area contributed by atoms with Crippen LogP contribution < -0.4 is 0 Å². The SMILES string of the molecule is CC1CC2(COC(C)(C)O2)CC1C. The molecule has 0 aromatic rings. The summed E-state index contributed by atoms with van der Waals surface area (Å²) >= 11 is 0. The normalized spacial score (nSPS) is 48.9. The molecule has 2 atom stereocenters. The molecule has 2 unspecified atom stereocenters. The van der Waals surface area contributed by atoms with Crippen molar-refractivity contribution in [3.63, 3.8) is 0 Å². The van der Waals surface area contributed by atoms with Gasteiger partial charge in [0.05, 0.1) is 12.2 Å². The first kappa shape index (κ1) is 9.47. The van der Waals surface area contributed by atoms with Crippen LogP contribution in [-0.4, -0.2) is 18.0 Å². The first-order valence-corrected chi connectivity index (χ1v) is 5.27. The van der Waals surface area contributed by atoms with Gasteiger partial charge in [-0.2, -0.15) is 0 Å². The number of rotatable bonds is 0. The van der Waals surface area contributed by atoms with Gasteiger partial charge in [-0.25, -0.2) is 0 Å². The quantitative estimate of drug-likeness (QED) is 0.576. The fourth-order valence-corrected chi connectivity index (χ4v) is 2.75. The lowest BCUT2D eigenvalue weighted by Crippen LogP contribution is -2.31. The molecule has 76 valence electrons. The minimum atomic E-state index is -0.357. The van der Waals surface area contributed by atoms with Gasteiger partial charge in [-0.3, -0.25) is 0 Å². The first-order chi connectivity index (χ1) is 5.93. The fourth-order valence-electron chi connectivity index (χ4n) is 2.75. The topological polar surface area (TPSA) is 18.5 Å². The lowest BCUT2D eigenvalue weighted by Gasteiger charge is -2.24. The van der Waals surface area contributed by atoms with Gasteiger partial charge >= 0.3 is 0 Å². The summed E-state index contributed by atoms with van der Waals surface area (Å²) in [6.45, 7) is 9.43. The minimum Gasteiger partial charge on any atom is -0.347 e. The highest BCUT2D eigenvalue weighted by molar-refractivity contribution is 4.97. The van der Waals surface area contributed by atoms with Gasteiger partial charge in [-0.05, 0) is 38.5 Å². The highest BCUT2D eigenvalue weighted by Crippen LogP contribution is 2.47. The Kier molecular flexibility index (Phi) is 1.97. The standard InChI is InChI=1S/C11H20O2/c1-8-5-11(6-9(8)2)7-12-10(3,4)13-11/h8-9H,5-7H2,1-4H3. The van der Waals surface area contributed by atoms with Gasteiger partial charge in [0.15, 0.2) is 5.79 Å². The van der Waals surface area contributed by atoms with E-state index in [2.05, 4.69) is 13.8 Å². The zero-order valence-electron chi connectivity index (χ0n) is 9.09. The van der Waals surface area contributed by atoms with Crippen LogP contribution in [0.5, 0.6) is 0 Å². The smallest absolute Gasteiger partial charge is 0.163 e. The minimum absolute atomic E-state index is 0.0440. The van der Waals surface area contributed by atoms with Crippen molar-refractivity contribution in [2.45, 2.75) is 51.9 Å². The summed E-state index contributed by atoms with van der Waals surface area (Å²) in [7, 11) is 0. The lowest BCUT2D eigenvalue weighted by atomic mass is 10.0. The van der Waals surface area contributed by atoms with E-state index in [-0.39, 0.29) is 11.4 Å². The average molecular weight is 184 g/mol. The summed E-state index contributed by atoms with van der Waals surface area (Å²) in [5.74, 6) is 1.19. The molecule has 0 radical (unpaired) electrons. The summed E-state index contributed by atoms with van der Waals surface area (Å²) in [6.07, 6.45) is 2.33. The molecule has 2 heteroatoms. The Hall–Kier alpha value is -0.0800. The van der Waals surface area contributed by atoms with Crippen molar-refractivity contribution in [3.05, 3.63) is 0 Å². The van der Waals surface area contributed by atoms with Gasteiger partial charge in [0.25, 0.3) is 0 Å². The van der Waals surface area contributed by atoms with Gasteiger partial charge in [0.1, 0.15) is 0 Å². The molecule has 2 nitrogen and oxygen atoms in total. The molecule has 1 spiro atoms. The average Bonchev–Trinajstić information content (AvgIpc) is 2.38. The molecule has 2 fully saturated rings. The molecule has 1 saturated carbocycles. The maximum atomic E-state index is 6.02. The molecule has 0 bridgehead atoms. The van der Waals surface area contributed by atoms with Crippen LogP contribution in [0.15, 0.2) is 0 Å². The fraction of sp³-hybridized carbons (Fsp3) is 1.00. The van der Waals surface area contributed by atoms with E-state index in [1.54, 1.807) is 0 Å². The van der Waals surface area contributed by atoms with Crippen molar-refractivity contribution < 1.29 is 9.47 Å². The van der Waals surface area contributed by atoms with Crippen LogP contribution in [0, 0.1) is 11.8 Å². The van der Waals surface area contributed by atoms with Crippen molar-refractivity contribution in [3.8, 4) is 0 Å². The molecule has 1 heterocycles. The molecule has 1 aliphatic heterocycles. The van der Waals surface area contributed by atoms with Crippen molar-refractivity contribution in [1.82, 2.24) is 0 Å². The Bertz CT molecular complexity index is 200. The third kappa shape index (κ3) is 1.62. The lowest BCUT2D eigenvalue weighted by molar-refractivity contribution is -0.160. The van der Waals surface area contributed by atoms with E-state index in [1.165, 1.54) is 0 Å². The van der Waals surface area contributed by atoms with E-state index in [9.17, 15) is 0 Å². The third-order valence-electron chi connectivity index (χ3n) is 3.50. The van der Waals surface area contributed by atoms with E-state index >= 15 is 0 Å². The van der Waals surface area contributed by atoms with Crippen LogP contribution in [0.1, 0.15) is 40.5 Å². The predicted octanol–water partition coefficient (Wildman–Crippen LogP) is 2.57. The largest absolute Gasteiger partial charge is 0.347 e. The number of hydrogen-bond acceptors (Lipinski definition) is 2. The molecule has 1 saturated heterocycles. The van der Waals surface area contributed by atoms with Crippen LogP contribution in [0.4, 0.5) is 0 Å². The molecular weight excluding hydrogens is 164 g/mol. The van der Waals surface area contributed by atoms with Crippen LogP contribution >= 0.6 is 0 Å². The van der Waals surface area contributed by atoms with Gasteiger partial charge in [0.2, 0.25) is 0 Å². The van der Waals surface area contributed by atoms with Crippen molar-refractivity contribution in [1.29, 1.82) is 0 Å². The maximum Gasteiger partial charge on any atom is 0.163 e. The second-order valence-electron chi connectivity index (χ2n) is 5.34. The number of hydrogen-bond donors (Lipinski definition) is 0. The van der Waals surface area contributed by atoms with Crippen LogP contribution in [0.3, 0.4) is 0 Å². The van der Waals surface area contributed by atoms with E-state index in [1.807, 2.05) is 13.8 Å². The maximum absolute atomic E-state index is 6.02. The zero-order valence-corrected chi connectivity index (χ0v) is 9.09. The van der Waals surface area contributed by atoms with Gasteiger partial charge in [-0.15, -0.1) is 0 Å². The third-order valence-corrected chi connectivity index (χ3v) is 3.50. The summed E-state index contributed by atoms with van der Waals surface area (Å²) < 4.78 is 11.7. The Morgan fingerprint density at radius 2 is 1.62 bits per heavy atom. The van der Waals surface area contributed by atoms with Gasteiger partial charge in [-0.1, -0.05) is 13.8 Å². The summed E-state index contributed by atoms with van der Waals surface area (Å²) in [5, 5.41) is 0. The van der Waals surface area contributed by atoms with E-state index in [0.29, 0.717) is 0 Å². The summed E-state index contributed by atoms with van der Waals surface area (Å²) in [5.41, 5.74) is 0.0440. The summed E-state index contributed by atoms with van der Waals surface area (Å²) in [6, 6.07) is 0. The van der Waals surface area contributed by atoms with Crippen LogP contribution in [0.25, 0.3) is 0 Å². The van der Waals surface area contributed by atoms with Crippen LogP contribution in [-0.2, 0) is 9.47 Å². The Morgan fingerprint density at radius 1 is 1.08 bits per heavy atom. The second-order valence-corrected chi connectivity index (χ2v) is 5.34. The van der Waals surface area contributed by atoms with Crippen molar-refractivity contribution >= 4 is 0 Å². The molecule has 2 rings (SSSR count). The molecule has 0 aromatic heterocycles. The van der Waals surface area contributed by atoms with Crippen molar-refractivity contribution in [2.24, 2.45) is 11.8 Å². The van der Waals surface area contributed by atoms with E-state index < -0.39 is 0 Å². The second kappa shape index (κ2) is 2.71. The van der Waals surface area contributed by atoms with Gasteiger partial charge in [0, 0.05) is 0 Å². The molecule has 13 heavy (non-hydrogen) atoms. The highest BCUT2D eigenvalue weighted by atomic mass is 16.8. The monoisotopic (exact) mass is 184 g/mol. The Balaban J connectivity index is 2.09. The molecule has 0 amide bonds. The molecule has 1 aliphatic carbocycles.